The van der Waals surface area contributed by atoms with Crippen LogP contribution in [0.15, 0.2) is 36.0 Å². The van der Waals surface area contributed by atoms with Crippen molar-refractivity contribution < 1.29 is 19.5 Å². The average Bonchev–Trinajstić information content (AvgIpc) is 2.43. The Morgan fingerprint density at radius 3 is 2.18 bits per heavy atom. The summed E-state index contributed by atoms with van der Waals surface area (Å²) in [5.74, 6) is -2.82. The first-order valence-electron chi connectivity index (χ1n) is 6.87. The summed E-state index contributed by atoms with van der Waals surface area (Å²) < 4.78 is 0. The van der Waals surface area contributed by atoms with Crippen LogP contribution < -0.4 is 15.7 Å². The van der Waals surface area contributed by atoms with Crippen molar-refractivity contribution >= 4 is 23.9 Å². The molecule has 0 aliphatic rings. The highest BCUT2D eigenvalue weighted by atomic mass is 16.4. The van der Waals surface area contributed by atoms with Crippen molar-refractivity contribution in [2.45, 2.75) is 26.8 Å². The van der Waals surface area contributed by atoms with Crippen LogP contribution in [0.3, 0.4) is 0 Å². The normalized spacial score (nSPS) is 12.6. The number of benzene rings is 1. The fourth-order valence-corrected chi connectivity index (χ4v) is 1.78. The Morgan fingerprint density at radius 1 is 1.14 bits per heavy atom. The van der Waals surface area contributed by atoms with Gasteiger partial charge >= 0.3 is 0 Å². The molecule has 0 aliphatic carbocycles. The summed E-state index contributed by atoms with van der Waals surface area (Å²) in [6.45, 7) is 4.57. The number of rotatable bonds is 6. The predicted molar refractivity (Wildman–Crippen MR) is 80.0 cm³/mol. The maximum atomic E-state index is 12.2. The summed E-state index contributed by atoms with van der Waals surface area (Å²) in [6, 6.07) is 7.77. The van der Waals surface area contributed by atoms with E-state index in [1.54, 1.807) is 38.1 Å². The quantitative estimate of drug-likeness (QED) is 0.726. The van der Waals surface area contributed by atoms with E-state index in [4.69, 9.17) is 0 Å². The Bertz CT molecular complexity index is 579. The van der Waals surface area contributed by atoms with Crippen molar-refractivity contribution in [1.82, 2.24) is 10.6 Å². The molecule has 0 aliphatic heterocycles. The van der Waals surface area contributed by atoms with E-state index in [2.05, 4.69) is 10.6 Å². The van der Waals surface area contributed by atoms with Gasteiger partial charge in [0.15, 0.2) is 0 Å². The van der Waals surface area contributed by atoms with Gasteiger partial charge < -0.3 is 20.5 Å². The SMILES string of the molecule is CC(=O)N/C(=C\c1ccccc1)C(=O)N[C@H](C(=O)[O-])C(C)C. The van der Waals surface area contributed by atoms with E-state index in [0.717, 1.165) is 0 Å². The molecule has 0 heterocycles. The number of carboxylic acids is 1. The van der Waals surface area contributed by atoms with E-state index in [-0.39, 0.29) is 11.6 Å². The van der Waals surface area contributed by atoms with Gasteiger partial charge in [-0.3, -0.25) is 9.59 Å². The zero-order valence-corrected chi connectivity index (χ0v) is 12.8. The Balaban J connectivity index is 3.01. The second-order valence-corrected chi connectivity index (χ2v) is 5.16. The van der Waals surface area contributed by atoms with Gasteiger partial charge in [0.2, 0.25) is 5.91 Å². The van der Waals surface area contributed by atoms with Crippen molar-refractivity contribution in [2.75, 3.05) is 0 Å². The number of amides is 2. The Kier molecular flexibility index (Phi) is 6.31. The third-order valence-corrected chi connectivity index (χ3v) is 2.87. The lowest BCUT2D eigenvalue weighted by Crippen LogP contribution is -2.52. The molecular weight excluding hydrogens is 284 g/mol. The molecule has 1 aromatic rings. The third kappa shape index (κ3) is 5.40. The van der Waals surface area contributed by atoms with Crippen molar-refractivity contribution in [2.24, 2.45) is 5.92 Å². The van der Waals surface area contributed by atoms with E-state index in [9.17, 15) is 19.5 Å². The molecule has 2 amide bonds. The lowest BCUT2D eigenvalue weighted by Gasteiger charge is -2.23. The number of carbonyl (C=O) groups is 3. The molecule has 0 unspecified atom stereocenters. The summed E-state index contributed by atoms with van der Waals surface area (Å²) in [6.07, 6.45) is 1.48. The Morgan fingerprint density at radius 2 is 1.73 bits per heavy atom. The maximum Gasteiger partial charge on any atom is 0.268 e. The molecule has 0 bridgehead atoms. The first kappa shape index (κ1) is 17.4. The molecule has 0 spiro atoms. The lowest BCUT2D eigenvalue weighted by molar-refractivity contribution is -0.309. The molecule has 22 heavy (non-hydrogen) atoms. The van der Waals surface area contributed by atoms with Crippen LogP contribution in [0.5, 0.6) is 0 Å². The first-order chi connectivity index (χ1) is 10.3. The fourth-order valence-electron chi connectivity index (χ4n) is 1.78. The van der Waals surface area contributed by atoms with Gasteiger partial charge in [0.1, 0.15) is 5.70 Å². The molecule has 1 aromatic carbocycles. The van der Waals surface area contributed by atoms with Crippen molar-refractivity contribution in [3.8, 4) is 0 Å². The Hall–Kier alpha value is -2.63. The predicted octanol–water partition coefficient (Wildman–Crippen LogP) is 0.0543. The minimum absolute atomic E-state index is 0.0226. The van der Waals surface area contributed by atoms with Crippen LogP contribution in [0.2, 0.25) is 0 Å². The molecule has 0 saturated carbocycles. The highest BCUT2D eigenvalue weighted by molar-refractivity contribution is 6.02. The van der Waals surface area contributed by atoms with Gasteiger partial charge in [0, 0.05) is 6.92 Å². The second kappa shape index (κ2) is 7.97. The monoisotopic (exact) mass is 303 g/mol. The van der Waals surface area contributed by atoms with Crippen molar-refractivity contribution in [3.63, 3.8) is 0 Å². The molecule has 1 rings (SSSR count). The lowest BCUT2D eigenvalue weighted by atomic mass is 10.0. The third-order valence-electron chi connectivity index (χ3n) is 2.87. The molecule has 0 radical (unpaired) electrons. The molecule has 6 heteroatoms. The number of carboxylic acid groups (broad SMARTS) is 1. The van der Waals surface area contributed by atoms with Crippen molar-refractivity contribution in [1.29, 1.82) is 0 Å². The average molecular weight is 303 g/mol. The van der Waals surface area contributed by atoms with E-state index >= 15 is 0 Å². The van der Waals surface area contributed by atoms with Crippen LogP contribution in [0.25, 0.3) is 6.08 Å². The molecule has 1 atom stereocenters. The number of hydrogen-bond acceptors (Lipinski definition) is 4. The molecule has 0 saturated heterocycles. The molecule has 6 nitrogen and oxygen atoms in total. The summed E-state index contributed by atoms with van der Waals surface area (Å²) in [5.41, 5.74) is 0.682. The summed E-state index contributed by atoms with van der Waals surface area (Å²) >= 11 is 0. The zero-order chi connectivity index (χ0) is 16.7. The summed E-state index contributed by atoms with van der Waals surface area (Å²) in [4.78, 5) is 34.5. The van der Waals surface area contributed by atoms with Crippen LogP contribution >= 0.6 is 0 Å². The molecule has 0 fully saturated rings. The smallest absolute Gasteiger partial charge is 0.268 e. The van der Waals surface area contributed by atoms with Gasteiger partial charge in [-0.25, -0.2) is 0 Å². The molecule has 2 N–H and O–H groups in total. The minimum atomic E-state index is -1.37. The summed E-state index contributed by atoms with van der Waals surface area (Å²) in [5, 5.41) is 15.8. The fraction of sp³-hybridized carbons (Fsp3) is 0.312. The van der Waals surface area contributed by atoms with Gasteiger partial charge in [-0.05, 0) is 17.6 Å². The van der Waals surface area contributed by atoms with Crippen LogP contribution in [0, 0.1) is 5.92 Å². The Labute approximate surface area is 129 Å². The highest BCUT2D eigenvalue weighted by Gasteiger charge is 2.20. The zero-order valence-electron chi connectivity index (χ0n) is 12.8. The van der Waals surface area contributed by atoms with Gasteiger partial charge in [-0.1, -0.05) is 44.2 Å². The summed E-state index contributed by atoms with van der Waals surface area (Å²) in [7, 11) is 0. The topological polar surface area (TPSA) is 98.3 Å². The van der Waals surface area contributed by atoms with Crippen LogP contribution in [-0.2, 0) is 14.4 Å². The highest BCUT2D eigenvalue weighted by Crippen LogP contribution is 2.07. The standard InChI is InChI=1S/C16H20N2O4/c1-10(2)14(16(21)22)18-15(20)13(17-11(3)19)9-12-7-5-4-6-8-12/h4-10,14H,1-3H3,(H,17,19)(H,18,20)(H,21,22)/p-1/b13-9-/t14-/m0/s1. The number of aliphatic carboxylic acids is 1. The first-order valence-corrected chi connectivity index (χ1v) is 6.87. The van der Waals surface area contributed by atoms with Gasteiger partial charge in [-0.2, -0.15) is 0 Å². The van der Waals surface area contributed by atoms with Crippen LogP contribution in [-0.4, -0.2) is 23.8 Å². The molecule has 118 valence electrons. The number of carbonyl (C=O) groups excluding carboxylic acids is 3. The largest absolute Gasteiger partial charge is 0.548 e. The maximum absolute atomic E-state index is 12.2. The van der Waals surface area contributed by atoms with E-state index in [1.165, 1.54) is 13.0 Å². The number of hydrogen-bond donors (Lipinski definition) is 2. The van der Waals surface area contributed by atoms with Gasteiger partial charge in [-0.15, -0.1) is 0 Å². The van der Waals surface area contributed by atoms with E-state index in [0.29, 0.717) is 5.56 Å². The second-order valence-electron chi connectivity index (χ2n) is 5.16. The minimum Gasteiger partial charge on any atom is -0.548 e. The van der Waals surface area contributed by atoms with E-state index in [1.807, 2.05) is 6.07 Å². The number of nitrogens with one attached hydrogen (secondary N) is 2. The van der Waals surface area contributed by atoms with Crippen LogP contribution in [0.1, 0.15) is 26.3 Å². The van der Waals surface area contributed by atoms with Crippen LogP contribution in [0.4, 0.5) is 0 Å². The van der Waals surface area contributed by atoms with E-state index < -0.39 is 23.8 Å². The van der Waals surface area contributed by atoms with Gasteiger partial charge in [0.25, 0.3) is 5.91 Å². The molecular formula is C16H19N2O4-. The van der Waals surface area contributed by atoms with Gasteiger partial charge in [0.05, 0.1) is 12.0 Å². The van der Waals surface area contributed by atoms with Crippen molar-refractivity contribution in [3.05, 3.63) is 41.6 Å². The molecule has 0 aromatic heterocycles.